The normalized spacial score (nSPS) is 18.9. The van der Waals surface area contributed by atoms with Gasteiger partial charge in [0.05, 0.1) is 12.3 Å². The Morgan fingerprint density at radius 1 is 1.30 bits per heavy atom. The van der Waals surface area contributed by atoms with Crippen LogP contribution in [-0.4, -0.2) is 35.0 Å². The minimum Gasteiger partial charge on any atom is -0.481 e. The third-order valence-electron chi connectivity index (χ3n) is 3.51. The predicted molar refractivity (Wildman–Crippen MR) is 77.1 cm³/mol. The number of nitrogens with zero attached hydrogens (tertiary/aromatic N) is 1. The summed E-state index contributed by atoms with van der Waals surface area (Å²) < 4.78 is 0. The van der Waals surface area contributed by atoms with Gasteiger partial charge in [-0.15, -0.1) is 0 Å². The smallest absolute Gasteiger partial charge is 0.308 e. The van der Waals surface area contributed by atoms with E-state index in [2.05, 4.69) is 0 Å². The fourth-order valence-electron chi connectivity index (χ4n) is 2.37. The number of amides is 1. The third-order valence-corrected chi connectivity index (χ3v) is 4.22. The molecule has 0 radical (unpaired) electrons. The molecule has 20 heavy (non-hydrogen) atoms. The van der Waals surface area contributed by atoms with Crippen LogP contribution >= 0.6 is 23.2 Å². The van der Waals surface area contributed by atoms with Crippen molar-refractivity contribution in [3.8, 4) is 0 Å². The predicted octanol–water partition coefficient (Wildman–Crippen LogP) is 2.86. The molecule has 1 saturated heterocycles. The van der Waals surface area contributed by atoms with E-state index in [0.29, 0.717) is 35.0 Å². The van der Waals surface area contributed by atoms with Gasteiger partial charge in [0.2, 0.25) is 5.91 Å². The Balaban J connectivity index is 2.06. The number of likely N-dealkylation sites (tertiary alicyclic amines) is 1. The molecule has 2 rings (SSSR count). The minimum absolute atomic E-state index is 0.102. The first-order valence-corrected chi connectivity index (χ1v) is 7.18. The molecule has 4 nitrogen and oxygen atoms in total. The number of carboxylic acid groups (broad SMARTS) is 1. The van der Waals surface area contributed by atoms with E-state index in [1.165, 1.54) is 0 Å². The van der Waals surface area contributed by atoms with E-state index >= 15 is 0 Å². The highest BCUT2D eigenvalue weighted by molar-refractivity contribution is 6.36. The van der Waals surface area contributed by atoms with Gasteiger partial charge in [0, 0.05) is 23.1 Å². The molecule has 0 bridgehead atoms. The Morgan fingerprint density at radius 3 is 2.55 bits per heavy atom. The first-order chi connectivity index (χ1) is 9.49. The van der Waals surface area contributed by atoms with Crippen molar-refractivity contribution in [3.63, 3.8) is 0 Å². The lowest BCUT2D eigenvalue weighted by molar-refractivity contribution is -0.145. The number of carboxylic acids is 1. The van der Waals surface area contributed by atoms with Gasteiger partial charge in [-0.05, 0) is 30.5 Å². The van der Waals surface area contributed by atoms with Crippen molar-refractivity contribution in [2.45, 2.75) is 19.3 Å². The molecule has 0 aliphatic carbocycles. The number of aliphatic carboxylic acids is 1. The van der Waals surface area contributed by atoms with Crippen molar-refractivity contribution in [1.29, 1.82) is 0 Å². The van der Waals surface area contributed by atoms with Crippen LogP contribution in [0.15, 0.2) is 18.2 Å². The van der Waals surface area contributed by atoms with Crippen molar-refractivity contribution in [1.82, 2.24) is 4.90 Å². The molecule has 0 aromatic heterocycles. The molecule has 6 heteroatoms. The van der Waals surface area contributed by atoms with Crippen LogP contribution in [0.3, 0.4) is 0 Å². The molecule has 1 heterocycles. The Hall–Kier alpha value is -1.26. The summed E-state index contributed by atoms with van der Waals surface area (Å²) in [4.78, 5) is 24.8. The number of hydrogen-bond donors (Lipinski definition) is 1. The molecular weight excluding hydrogens is 301 g/mol. The lowest BCUT2D eigenvalue weighted by atomic mass is 9.97. The van der Waals surface area contributed by atoms with Gasteiger partial charge in [-0.2, -0.15) is 0 Å². The molecule has 0 unspecified atom stereocenters. The van der Waals surface area contributed by atoms with E-state index in [-0.39, 0.29) is 18.9 Å². The Bertz CT molecular complexity index is 513. The van der Waals surface area contributed by atoms with Crippen LogP contribution in [0, 0.1) is 5.92 Å². The quantitative estimate of drug-likeness (QED) is 0.933. The zero-order chi connectivity index (χ0) is 14.7. The summed E-state index contributed by atoms with van der Waals surface area (Å²) in [6.45, 7) is 0.848. The van der Waals surface area contributed by atoms with Crippen molar-refractivity contribution in [2.75, 3.05) is 13.1 Å². The van der Waals surface area contributed by atoms with Crippen LogP contribution in [0.4, 0.5) is 0 Å². The van der Waals surface area contributed by atoms with Crippen LogP contribution in [0.25, 0.3) is 0 Å². The number of piperidine rings is 1. The number of benzene rings is 1. The van der Waals surface area contributed by atoms with Gasteiger partial charge >= 0.3 is 5.97 Å². The van der Waals surface area contributed by atoms with Crippen molar-refractivity contribution < 1.29 is 14.7 Å². The molecule has 1 fully saturated rings. The third kappa shape index (κ3) is 3.44. The van der Waals surface area contributed by atoms with E-state index in [1.54, 1.807) is 23.1 Å². The summed E-state index contributed by atoms with van der Waals surface area (Å²) in [5.41, 5.74) is 0.596. The summed E-state index contributed by atoms with van der Waals surface area (Å²) in [5.74, 6) is -1.46. The van der Waals surface area contributed by atoms with Crippen LogP contribution < -0.4 is 0 Å². The van der Waals surface area contributed by atoms with Crippen LogP contribution in [0.5, 0.6) is 0 Å². The second kappa shape index (κ2) is 6.46. The second-order valence-electron chi connectivity index (χ2n) is 4.89. The van der Waals surface area contributed by atoms with E-state index in [9.17, 15) is 9.59 Å². The molecule has 1 aromatic rings. The lowest BCUT2D eigenvalue weighted by Gasteiger charge is -2.31. The molecule has 108 valence electrons. The molecule has 1 N–H and O–H groups in total. The first kappa shape index (κ1) is 15.1. The lowest BCUT2D eigenvalue weighted by Crippen LogP contribution is -2.43. The summed E-state index contributed by atoms with van der Waals surface area (Å²) in [6.07, 6.45) is 1.43. The van der Waals surface area contributed by atoms with E-state index in [1.807, 2.05) is 0 Å². The summed E-state index contributed by atoms with van der Waals surface area (Å²) in [5, 5.41) is 9.95. The van der Waals surface area contributed by atoms with Crippen LogP contribution in [0.1, 0.15) is 18.4 Å². The maximum Gasteiger partial charge on any atom is 0.308 e. The fourth-order valence-corrected chi connectivity index (χ4v) is 2.90. The average molecular weight is 316 g/mol. The second-order valence-corrected chi connectivity index (χ2v) is 5.71. The highest BCUT2D eigenvalue weighted by Gasteiger charge is 2.28. The number of carbonyl (C=O) groups excluding carboxylic acids is 1. The molecule has 1 aliphatic rings. The molecule has 0 saturated carbocycles. The summed E-state index contributed by atoms with van der Waals surface area (Å²) in [6, 6.07) is 5.10. The average Bonchev–Trinajstić information content (AvgIpc) is 2.43. The maximum absolute atomic E-state index is 12.3. The minimum atomic E-state index is -0.849. The maximum atomic E-state index is 12.3. The Morgan fingerprint density at radius 2 is 1.95 bits per heavy atom. The van der Waals surface area contributed by atoms with Gasteiger partial charge in [-0.3, -0.25) is 9.59 Å². The largest absolute Gasteiger partial charge is 0.481 e. The molecule has 1 aromatic carbocycles. The van der Waals surface area contributed by atoms with Crippen molar-refractivity contribution >= 4 is 35.1 Å². The first-order valence-electron chi connectivity index (χ1n) is 6.42. The van der Waals surface area contributed by atoms with Gasteiger partial charge < -0.3 is 10.0 Å². The van der Waals surface area contributed by atoms with Gasteiger partial charge in [-0.25, -0.2) is 0 Å². The number of rotatable bonds is 3. The molecule has 1 atom stereocenters. The van der Waals surface area contributed by atoms with Gasteiger partial charge in [-0.1, -0.05) is 29.3 Å². The highest BCUT2D eigenvalue weighted by atomic mass is 35.5. The standard InChI is InChI=1S/C14H15Cl2NO3/c15-11-4-1-5-12(16)10(11)7-13(18)17-6-2-3-9(8-17)14(19)20/h1,4-5,9H,2-3,6-8H2,(H,19,20)/t9-/m0/s1. The summed E-state index contributed by atoms with van der Waals surface area (Å²) >= 11 is 12.1. The van der Waals surface area contributed by atoms with Gasteiger partial charge in [0.1, 0.15) is 0 Å². The van der Waals surface area contributed by atoms with Gasteiger partial charge in [0.25, 0.3) is 0 Å². The SMILES string of the molecule is O=C(O)[C@H]1CCCN(C(=O)Cc2c(Cl)cccc2Cl)C1. The fraction of sp³-hybridized carbons (Fsp3) is 0.429. The Labute approximate surface area is 127 Å². The summed E-state index contributed by atoms with van der Waals surface area (Å²) in [7, 11) is 0. The van der Waals surface area contributed by atoms with E-state index in [4.69, 9.17) is 28.3 Å². The number of hydrogen-bond acceptors (Lipinski definition) is 2. The highest BCUT2D eigenvalue weighted by Crippen LogP contribution is 2.26. The van der Waals surface area contributed by atoms with Crippen molar-refractivity contribution in [3.05, 3.63) is 33.8 Å². The number of halogens is 2. The molecular formula is C14H15Cl2NO3. The zero-order valence-corrected chi connectivity index (χ0v) is 12.3. The molecule has 1 aliphatic heterocycles. The van der Waals surface area contributed by atoms with E-state index < -0.39 is 11.9 Å². The van der Waals surface area contributed by atoms with E-state index in [0.717, 1.165) is 0 Å². The van der Waals surface area contributed by atoms with Crippen LogP contribution in [-0.2, 0) is 16.0 Å². The van der Waals surface area contributed by atoms with Crippen LogP contribution in [0.2, 0.25) is 10.0 Å². The zero-order valence-electron chi connectivity index (χ0n) is 10.8. The monoisotopic (exact) mass is 315 g/mol. The van der Waals surface area contributed by atoms with Crippen molar-refractivity contribution in [2.24, 2.45) is 5.92 Å². The molecule has 0 spiro atoms. The number of carbonyl (C=O) groups is 2. The topological polar surface area (TPSA) is 57.6 Å². The Kier molecular flexibility index (Phi) is 4.89. The molecule has 1 amide bonds. The van der Waals surface area contributed by atoms with Gasteiger partial charge in [0.15, 0.2) is 0 Å².